The fourth-order valence-electron chi connectivity index (χ4n) is 4.22. The van der Waals surface area contributed by atoms with Crippen molar-refractivity contribution in [2.24, 2.45) is 0 Å². The smallest absolute Gasteiger partial charge is 0.320 e. The molecule has 0 bridgehead atoms. The van der Waals surface area contributed by atoms with E-state index in [1.54, 1.807) is 21.9 Å². The number of piperazine rings is 2. The first-order valence-corrected chi connectivity index (χ1v) is 12.9. The molecule has 34 heavy (non-hydrogen) atoms. The number of nitrogens with zero attached hydrogens (tertiary/aromatic N) is 6. The number of hydrogen-bond acceptors (Lipinski definition) is 7. The number of oxazole rings is 1. The number of urea groups is 1. The van der Waals surface area contributed by atoms with E-state index >= 15 is 0 Å². The minimum absolute atomic E-state index is 0.0747. The summed E-state index contributed by atoms with van der Waals surface area (Å²) in [5.41, 5.74) is 2.10. The Bertz CT molecular complexity index is 1310. The molecule has 2 aliphatic heterocycles. The largest absolute Gasteiger partial charge is 0.422 e. The molecule has 0 unspecified atom stereocenters. The number of carbonyl (C=O) groups excluding carboxylic acids is 1. The SMILES string of the molecule is Cc1ccc2oc(N3CCN(C(=O)N4CCN(S(=O)(=O)c5cccc(Cl)c5)CC4)CC3)nc2n1. The van der Waals surface area contributed by atoms with Gasteiger partial charge >= 0.3 is 6.03 Å². The third kappa shape index (κ3) is 4.42. The second-order valence-corrected chi connectivity index (χ2v) is 10.8. The summed E-state index contributed by atoms with van der Waals surface area (Å²) in [4.78, 5) is 27.6. The zero-order valence-corrected chi connectivity index (χ0v) is 20.3. The molecule has 3 aromatic rings. The molecule has 0 aliphatic carbocycles. The van der Waals surface area contributed by atoms with Gasteiger partial charge in [0.25, 0.3) is 6.01 Å². The molecule has 4 heterocycles. The van der Waals surface area contributed by atoms with Crippen molar-refractivity contribution in [1.29, 1.82) is 0 Å². The third-order valence-electron chi connectivity index (χ3n) is 6.15. The van der Waals surface area contributed by atoms with Crippen LogP contribution in [0.25, 0.3) is 11.2 Å². The molecule has 10 nitrogen and oxygen atoms in total. The number of amides is 2. The van der Waals surface area contributed by atoms with Crippen LogP contribution in [0.5, 0.6) is 0 Å². The zero-order valence-electron chi connectivity index (χ0n) is 18.7. The number of aryl methyl sites for hydroxylation is 1. The summed E-state index contributed by atoms with van der Waals surface area (Å²) < 4.78 is 33.0. The second-order valence-electron chi connectivity index (χ2n) is 8.38. The zero-order chi connectivity index (χ0) is 23.9. The van der Waals surface area contributed by atoms with Crippen LogP contribution in [0.4, 0.5) is 10.8 Å². The molecule has 0 atom stereocenters. The van der Waals surface area contributed by atoms with Gasteiger partial charge in [0.1, 0.15) is 0 Å². The van der Waals surface area contributed by atoms with Crippen LogP contribution in [0.15, 0.2) is 45.7 Å². The molecule has 0 saturated carbocycles. The number of sulfonamides is 1. The van der Waals surface area contributed by atoms with Crippen molar-refractivity contribution in [2.45, 2.75) is 11.8 Å². The summed E-state index contributed by atoms with van der Waals surface area (Å²) in [6, 6.07) is 10.4. The highest BCUT2D eigenvalue weighted by molar-refractivity contribution is 7.89. The van der Waals surface area contributed by atoms with Crippen LogP contribution in [-0.2, 0) is 10.0 Å². The van der Waals surface area contributed by atoms with E-state index in [4.69, 9.17) is 16.0 Å². The number of halogens is 1. The molecule has 0 radical (unpaired) electrons. The average molecular weight is 505 g/mol. The van der Waals surface area contributed by atoms with E-state index in [-0.39, 0.29) is 24.0 Å². The highest BCUT2D eigenvalue weighted by Crippen LogP contribution is 2.23. The van der Waals surface area contributed by atoms with Crippen LogP contribution in [0.3, 0.4) is 0 Å². The molecule has 180 valence electrons. The maximum atomic E-state index is 13.0. The molecule has 2 saturated heterocycles. The van der Waals surface area contributed by atoms with Crippen molar-refractivity contribution < 1.29 is 17.6 Å². The van der Waals surface area contributed by atoms with E-state index in [1.807, 2.05) is 24.0 Å². The maximum Gasteiger partial charge on any atom is 0.320 e. The fourth-order valence-corrected chi connectivity index (χ4v) is 5.95. The van der Waals surface area contributed by atoms with Crippen LogP contribution in [0.2, 0.25) is 5.02 Å². The molecule has 0 N–H and O–H groups in total. The third-order valence-corrected chi connectivity index (χ3v) is 8.27. The first-order valence-electron chi connectivity index (χ1n) is 11.1. The van der Waals surface area contributed by atoms with Crippen LogP contribution in [-0.4, -0.2) is 90.9 Å². The Morgan fingerprint density at radius 1 is 0.941 bits per heavy atom. The van der Waals surface area contributed by atoms with Gasteiger partial charge < -0.3 is 19.1 Å². The van der Waals surface area contributed by atoms with Crippen molar-refractivity contribution in [1.82, 2.24) is 24.1 Å². The first kappa shape index (κ1) is 22.9. The van der Waals surface area contributed by atoms with Crippen molar-refractivity contribution in [3.63, 3.8) is 0 Å². The van der Waals surface area contributed by atoms with Gasteiger partial charge in [-0.3, -0.25) is 0 Å². The van der Waals surface area contributed by atoms with E-state index in [2.05, 4.69) is 9.97 Å². The Balaban J connectivity index is 1.16. The van der Waals surface area contributed by atoms with Gasteiger partial charge in [-0.2, -0.15) is 9.29 Å². The number of aromatic nitrogens is 2. The average Bonchev–Trinajstić information content (AvgIpc) is 3.27. The van der Waals surface area contributed by atoms with Crippen molar-refractivity contribution in [2.75, 3.05) is 57.3 Å². The van der Waals surface area contributed by atoms with E-state index in [9.17, 15) is 13.2 Å². The Kier molecular flexibility index (Phi) is 6.09. The number of hydrogen-bond donors (Lipinski definition) is 0. The van der Waals surface area contributed by atoms with Gasteiger partial charge in [0.2, 0.25) is 15.7 Å². The molecule has 2 aliphatic rings. The van der Waals surface area contributed by atoms with Gasteiger partial charge in [0.05, 0.1) is 4.90 Å². The Labute approximate surface area is 202 Å². The van der Waals surface area contributed by atoms with Crippen molar-refractivity contribution >= 4 is 44.9 Å². The molecule has 2 aromatic heterocycles. The van der Waals surface area contributed by atoms with Crippen LogP contribution >= 0.6 is 11.6 Å². The summed E-state index contributed by atoms with van der Waals surface area (Å²) in [6.45, 7) is 5.35. The monoisotopic (exact) mass is 504 g/mol. The summed E-state index contributed by atoms with van der Waals surface area (Å²) in [7, 11) is -3.64. The lowest BCUT2D eigenvalue weighted by Crippen LogP contribution is -2.57. The van der Waals surface area contributed by atoms with E-state index in [0.717, 1.165) is 5.69 Å². The first-order chi connectivity index (χ1) is 16.3. The minimum Gasteiger partial charge on any atom is -0.422 e. The Hall–Kier alpha value is -2.89. The van der Waals surface area contributed by atoms with Crippen molar-refractivity contribution in [3.8, 4) is 0 Å². The summed E-state index contributed by atoms with van der Waals surface area (Å²) in [5, 5.41) is 0.373. The maximum absolute atomic E-state index is 13.0. The minimum atomic E-state index is -3.64. The van der Waals surface area contributed by atoms with E-state index in [1.165, 1.54) is 16.4 Å². The number of carbonyl (C=O) groups is 1. The van der Waals surface area contributed by atoms with Gasteiger partial charge in [-0.05, 0) is 37.3 Å². The molecule has 1 aromatic carbocycles. The van der Waals surface area contributed by atoms with Gasteiger partial charge in [-0.1, -0.05) is 17.7 Å². The van der Waals surface area contributed by atoms with Gasteiger partial charge in [0.15, 0.2) is 5.58 Å². The number of anilines is 1. The number of fused-ring (bicyclic) bond motifs is 1. The fraction of sp³-hybridized carbons (Fsp3) is 0.409. The Morgan fingerprint density at radius 3 is 2.29 bits per heavy atom. The lowest BCUT2D eigenvalue weighted by molar-refractivity contribution is 0.131. The van der Waals surface area contributed by atoms with Crippen LogP contribution < -0.4 is 4.90 Å². The molecular weight excluding hydrogens is 480 g/mol. The molecule has 2 amide bonds. The highest BCUT2D eigenvalue weighted by atomic mass is 35.5. The van der Waals surface area contributed by atoms with Crippen LogP contribution in [0, 0.1) is 6.92 Å². The van der Waals surface area contributed by atoms with Gasteiger partial charge in [-0.15, -0.1) is 0 Å². The molecule has 12 heteroatoms. The molecule has 5 rings (SSSR count). The normalized spacial score (nSPS) is 18.0. The number of benzene rings is 1. The van der Waals surface area contributed by atoms with E-state index in [0.29, 0.717) is 61.5 Å². The van der Waals surface area contributed by atoms with E-state index < -0.39 is 10.0 Å². The second kappa shape index (κ2) is 9.05. The standard InChI is InChI=1S/C22H25ClN6O4S/c1-16-5-6-19-20(24-16)25-21(33-19)26-7-9-27(10-8-26)22(30)28-11-13-29(14-12-28)34(31,32)18-4-2-3-17(23)15-18/h2-6,15H,7-14H2,1H3. The van der Waals surface area contributed by atoms with Crippen molar-refractivity contribution in [3.05, 3.63) is 47.1 Å². The highest BCUT2D eigenvalue weighted by Gasteiger charge is 2.33. The van der Waals surface area contributed by atoms with Crippen LogP contribution in [0.1, 0.15) is 5.69 Å². The van der Waals surface area contributed by atoms with Gasteiger partial charge in [0, 0.05) is 63.1 Å². The molecule has 2 fully saturated rings. The topological polar surface area (TPSA) is 103 Å². The van der Waals surface area contributed by atoms with Gasteiger partial charge in [-0.25, -0.2) is 18.2 Å². The summed E-state index contributed by atoms with van der Waals surface area (Å²) in [6.07, 6.45) is 0. The number of rotatable bonds is 3. The lowest BCUT2D eigenvalue weighted by atomic mass is 10.3. The quantitative estimate of drug-likeness (QED) is 0.539. The predicted octanol–water partition coefficient (Wildman–Crippen LogP) is 2.43. The lowest BCUT2D eigenvalue weighted by Gasteiger charge is -2.39. The molecular formula is C22H25ClN6O4S. The summed E-state index contributed by atoms with van der Waals surface area (Å²) >= 11 is 5.96. The Morgan fingerprint density at radius 2 is 1.62 bits per heavy atom. The predicted molar refractivity (Wildman–Crippen MR) is 128 cm³/mol. The number of pyridine rings is 1. The summed E-state index contributed by atoms with van der Waals surface area (Å²) in [5.74, 6) is 0. The molecule has 0 spiro atoms.